The van der Waals surface area contributed by atoms with E-state index in [1.807, 2.05) is 23.5 Å². The maximum Gasteiger partial charge on any atom is 0.224 e. The van der Waals surface area contributed by atoms with Crippen LogP contribution in [0.5, 0.6) is 0 Å². The summed E-state index contributed by atoms with van der Waals surface area (Å²) in [5, 5.41) is 4.40. The number of carbonyl (C=O) groups excluding carboxylic acids is 1. The first-order valence-electron chi connectivity index (χ1n) is 13.6. The third-order valence-corrected chi connectivity index (χ3v) is 8.01. The van der Waals surface area contributed by atoms with Crippen molar-refractivity contribution in [2.45, 2.75) is 66.0 Å². The second-order valence-corrected chi connectivity index (χ2v) is 11.4. The minimum Gasteiger partial charge on any atom is -0.353 e. The van der Waals surface area contributed by atoms with E-state index in [0.29, 0.717) is 13.0 Å². The number of pyridine rings is 2. The topological polar surface area (TPSA) is 85.7 Å². The molecule has 202 valence electrons. The average molecular weight is 517 g/mol. The SMILES string of the molecule is Cc1c(-c2[nH]c3ccc(N4C[C@H](C)N(C(=O)CCN(C)C)C[C@H]4C)nc3c2C(C)C)cn2ncnc2c1C. The van der Waals surface area contributed by atoms with Crippen LogP contribution in [0.1, 0.15) is 56.7 Å². The number of aromatic nitrogens is 5. The van der Waals surface area contributed by atoms with Crippen LogP contribution in [-0.2, 0) is 4.79 Å². The van der Waals surface area contributed by atoms with Gasteiger partial charge in [-0.1, -0.05) is 13.8 Å². The Hall–Kier alpha value is -3.46. The number of hydrogen-bond donors (Lipinski definition) is 1. The molecule has 1 aliphatic heterocycles. The Morgan fingerprint density at radius 1 is 1.13 bits per heavy atom. The predicted molar refractivity (Wildman–Crippen MR) is 153 cm³/mol. The van der Waals surface area contributed by atoms with Gasteiger partial charge in [0, 0.05) is 55.5 Å². The molecule has 4 aromatic heterocycles. The molecule has 0 radical (unpaired) electrons. The summed E-state index contributed by atoms with van der Waals surface area (Å²) >= 11 is 0. The summed E-state index contributed by atoms with van der Waals surface area (Å²) in [6, 6.07) is 4.57. The van der Waals surface area contributed by atoms with E-state index in [1.165, 1.54) is 11.1 Å². The molecule has 1 aliphatic rings. The number of rotatable bonds is 6. The van der Waals surface area contributed by atoms with Crippen LogP contribution in [0, 0.1) is 13.8 Å². The molecule has 1 fully saturated rings. The lowest BCUT2D eigenvalue weighted by Crippen LogP contribution is -2.58. The number of hydrogen-bond acceptors (Lipinski definition) is 6. The van der Waals surface area contributed by atoms with Crippen molar-refractivity contribution in [3.8, 4) is 11.3 Å². The van der Waals surface area contributed by atoms with Gasteiger partial charge in [0.15, 0.2) is 5.65 Å². The fraction of sp³-hybridized carbons (Fsp3) is 0.517. The van der Waals surface area contributed by atoms with Crippen LogP contribution in [0.25, 0.3) is 27.9 Å². The molecular formula is C29H40N8O. The number of H-pyrrole nitrogens is 1. The Labute approximate surface area is 224 Å². The summed E-state index contributed by atoms with van der Waals surface area (Å²) in [5.74, 6) is 1.47. The number of anilines is 1. The molecule has 9 nitrogen and oxygen atoms in total. The minimum atomic E-state index is 0.129. The minimum absolute atomic E-state index is 0.129. The molecule has 9 heteroatoms. The lowest BCUT2D eigenvalue weighted by atomic mass is 9.95. The Morgan fingerprint density at radius 3 is 2.61 bits per heavy atom. The van der Waals surface area contributed by atoms with E-state index in [9.17, 15) is 4.79 Å². The third kappa shape index (κ3) is 4.53. The second kappa shape index (κ2) is 10.0. The zero-order valence-corrected chi connectivity index (χ0v) is 23.9. The molecule has 38 heavy (non-hydrogen) atoms. The van der Waals surface area contributed by atoms with Gasteiger partial charge in [0.25, 0.3) is 0 Å². The summed E-state index contributed by atoms with van der Waals surface area (Å²) < 4.78 is 1.86. The summed E-state index contributed by atoms with van der Waals surface area (Å²) in [7, 11) is 4.01. The van der Waals surface area contributed by atoms with Crippen molar-refractivity contribution < 1.29 is 4.79 Å². The molecule has 1 saturated heterocycles. The Morgan fingerprint density at radius 2 is 1.89 bits per heavy atom. The smallest absolute Gasteiger partial charge is 0.224 e. The van der Waals surface area contributed by atoms with Crippen LogP contribution < -0.4 is 4.90 Å². The van der Waals surface area contributed by atoms with Crippen LogP contribution in [-0.4, -0.2) is 86.1 Å². The molecule has 1 amide bonds. The molecule has 1 N–H and O–H groups in total. The van der Waals surface area contributed by atoms with Crippen molar-refractivity contribution in [3.63, 3.8) is 0 Å². The highest BCUT2D eigenvalue weighted by molar-refractivity contribution is 5.90. The van der Waals surface area contributed by atoms with E-state index < -0.39 is 0 Å². The van der Waals surface area contributed by atoms with Gasteiger partial charge in [-0.25, -0.2) is 14.5 Å². The molecule has 0 spiro atoms. The maximum atomic E-state index is 12.9. The van der Waals surface area contributed by atoms with E-state index >= 15 is 0 Å². The van der Waals surface area contributed by atoms with Crippen molar-refractivity contribution in [2.24, 2.45) is 0 Å². The monoisotopic (exact) mass is 516 g/mol. The standard InChI is InChI=1S/C29H40N8O/c1-17(2)26-27(22-15-37-29(30-16-31-37)21(6)20(22)5)32-23-9-10-24(33-28(23)26)35-13-19(4)36(14-18(35)3)25(38)11-12-34(7)8/h9-10,15-19,32H,11-14H2,1-8H3/t18-,19+/m1/s1. The summed E-state index contributed by atoms with van der Waals surface area (Å²) in [4.78, 5) is 32.7. The van der Waals surface area contributed by atoms with E-state index in [-0.39, 0.29) is 23.9 Å². The Balaban J connectivity index is 1.51. The number of amides is 1. The predicted octanol–water partition coefficient (Wildman–Crippen LogP) is 4.39. The fourth-order valence-electron chi connectivity index (χ4n) is 5.72. The van der Waals surface area contributed by atoms with Crippen LogP contribution in [0.15, 0.2) is 24.7 Å². The van der Waals surface area contributed by atoms with Crippen LogP contribution >= 0.6 is 0 Å². The number of aromatic amines is 1. The summed E-state index contributed by atoms with van der Waals surface area (Å²) in [6.45, 7) is 15.3. The van der Waals surface area contributed by atoms with Crippen molar-refractivity contribution in [1.82, 2.24) is 34.4 Å². The van der Waals surface area contributed by atoms with E-state index in [1.54, 1.807) is 6.33 Å². The van der Waals surface area contributed by atoms with Gasteiger partial charge in [-0.05, 0) is 71.0 Å². The largest absolute Gasteiger partial charge is 0.353 e. The number of aryl methyl sites for hydroxylation is 1. The van der Waals surface area contributed by atoms with Crippen molar-refractivity contribution in [1.29, 1.82) is 0 Å². The number of nitrogens with one attached hydrogen (secondary N) is 1. The lowest BCUT2D eigenvalue weighted by Gasteiger charge is -2.45. The molecule has 5 heterocycles. The molecule has 0 unspecified atom stereocenters. The quantitative estimate of drug-likeness (QED) is 0.409. The van der Waals surface area contributed by atoms with Gasteiger partial charge in [0.05, 0.1) is 16.7 Å². The van der Waals surface area contributed by atoms with E-state index in [4.69, 9.17) is 4.98 Å². The highest BCUT2D eigenvalue weighted by Gasteiger charge is 2.33. The number of fused-ring (bicyclic) bond motifs is 2. The molecule has 0 aliphatic carbocycles. The Kier molecular flexibility index (Phi) is 6.90. The molecule has 0 saturated carbocycles. The average Bonchev–Trinajstić information content (AvgIpc) is 3.50. The van der Waals surface area contributed by atoms with Gasteiger partial charge in [-0.15, -0.1) is 0 Å². The van der Waals surface area contributed by atoms with Gasteiger partial charge in [-0.2, -0.15) is 5.10 Å². The molecule has 2 atom stereocenters. The first-order valence-corrected chi connectivity index (χ1v) is 13.6. The van der Waals surface area contributed by atoms with Crippen LogP contribution in [0.3, 0.4) is 0 Å². The van der Waals surface area contributed by atoms with Gasteiger partial charge in [0.2, 0.25) is 5.91 Å². The number of piperazine rings is 1. The molecule has 5 rings (SSSR count). The molecule has 0 bridgehead atoms. The summed E-state index contributed by atoms with van der Waals surface area (Å²) in [6.07, 6.45) is 4.22. The van der Waals surface area contributed by atoms with Crippen LogP contribution in [0.2, 0.25) is 0 Å². The van der Waals surface area contributed by atoms with Crippen LogP contribution in [0.4, 0.5) is 5.82 Å². The lowest BCUT2D eigenvalue weighted by molar-refractivity contribution is -0.134. The zero-order valence-electron chi connectivity index (χ0n) is 23.9. The van der Waals surface area contributed by atoms with Gasteiger partial charge in [0.1, 0.15) is 12.1 Å². The Bertz CT molecular complexity index is 1480. The van der Waals surface area contributed by atoms with E-state index in [2.05, 4.69) is 84.7 Å². The summed E-state index contributed by atoms with van der Waals surface area (Å²) in [5.41, 5.74) is 8.66. The second-order valence-electron chi connectivity index (χ2n) is 11.4. The highest BCUT2D eigenvalue weighted by atomic mass is 16.2. The van der Waals surface area contributed by atoms with Gasteiger partial charge < -0.3 is 19.7 Å². The van der Waals surface area contributed by atoms with Gasteiger partial charge in [-0.3, -0.25) is 4.79 Å². The van der Waals surface area contributed by atoms with E-state index in [0.717, 1.165) is 52.4 Å². The fourth-order valence-corrected chi connectivity index (χ4v) is 5.72. The van der Waals surface area contributed by atoms with Crippen molar-refractivity contribution >= 4 is 28.4 Å². The third-order valence-electron chi connectivity index (χ3n) is 8.01. The molecule has 0 aromatic carbocycles. The first-order chi connectivity index (χ1) is 18.1. The first kappa shape index (κ1) is 26.2. The zero-order chi connectivity index (χ0) is 27.3. The molecule has 4 aromatic rings. The van der Waals surface area contributed by atoms with Gasteiger partial charge >= 0.3 is 0 Å². The van der Waals surface area contributed by atoms with Crippen molar-refractivity contribution in [3.05, 3.63) is 41.3 Å². The number of nitrogens with zero attached hydrogens (tertiary/aromatic N) is 7. The number of carbonyl (C=O) groups is 1. The normalized spacial score (nSPS) is 18.5. The molecular weight excluding hydrogens is 476 g/mol. The van der Waals surface area contributed by atoms with Crippen molar-refractivity contribution in [2.75, 3.05) is 38.6 Å². The maximum absolute atomic E-state index is 12.9. The highest BCUT2D eigenvalue weighted by Crippen LogP contribution is 2.38.